The van der Waals surface area contributed by atoms with Crippen molar-refractivity contribution in [3.8, 4) is 17.0 Å². The van der Waals surface area contributed by atoms with Gasteiger partial charge in [0.2, 0.25) is 11.9 Å². The lowest BCUT2D eigenvalue weighted by Gasteiger charge is -2.31. The predicted molar refractivity (Wildman–Crippen MR) is 139 cm³/mol. The number of benzene rings is 2. The second-order valence-electron chi connectivity index (χ2n) is 9.46. The Bertz CT molecular complexity index is 1340. The van der Waals surface area contributed by atoms with Crippen molar-refractivity contribution in [3.05, 3.63) is 70.4 Å². The smallest absolute Gasteiger partial charge is 0.254 e. The molecule has 1 saturated carbocycles. The average molecular weight is 522 g/mol. The standard InChI is InChI=1S/C27H28ClN5O4/c1-15(16-4-3-5-21(8-16)37-2)30-24(35)14-33-13-18-7-6-17(9-22(18)26(33)36)25-23(28)12-29-27(32-25)31-19-10-20(34)11-19/h3-9,12,15,19-20,34H,10-11,13-14H2,1-2H3,(H,30,35)(H,29,31,32). The molecular formula is C27H28ClN5O4. The quantitative estimate of drug-likeness (QED) is 0.415. The number of halogens is 1. The van der Waals surface area contributed by atoms with Gasteiger partial charge in [-0.3, -0.25) is 9.59 Å². The van der Waals surface area contributed by atoms with Crippen molar-refractivity contribution < 1.29 is 19.4 Å². The molecule has 2 heterocycles. The maximum Gasteiger partial charge on any atom is 0.254 e. The Morgan fingerprint density at radius 2 is 2.08 bits per heavy atom. The van der Waals surface area contributed by atoms with E-state index < -0.39 is 0 Å². The monoisotopic (exact) mass is 521 g/mol. The van der Waals surface area contributed by atoms with Gasteiger partial charge in [0, 0.05) is 23.7 Å². The van der Waals surface area contributed by atoms with E-state index in [2.05, 4.69) is 20.6 Å². The molecule has 5 rings (SSSR count). The number of rotatable bonds is 8. The summed E-state index contributed by atoms with van der Waals surface area (Å²) in [6, 6.07) is 12.9. The van der Waals surface area contributed by atoms with Crippen LogP contribution in [0.25, 0.3) is 11.3 Å². The Morgan fingerprint density at radius 3 is 2.84 bits per heavy atom. The van der Waals surface area contributed by atoms with Crippen LogP contribution in [0.1, 0.15) is 47.3 Å². The van der Waals surface area contributed by atoms with Crippen LogP contribution in [0.4, 0.5) is 5.95 Å². The second kappa shape index (κ2) is 10.4. The zero-order valence-corrected chi connectivity index (χ0v) is 21.3. The molecule has 1 unspecified atom stereocenters. The fraction of sp³-hybridized carbons (Fsp3) is 0.333. The summed E-state index contributed by atoms with van der Waals surface area (Å²) in [5.41, 5.74) is 3.48. The van der Waals surface area contributed by atoms with Crippen LogP contribution >= 0.6 is 11.6 Å². The first-order chi connectivity index (χ1) is 17.8. The van der Waals surface area contributed by atoms with Crippen molar-refractivity contribution in [1.82, 2.24) is 20.2 Å². The lowest BCUT2D eigenvalue weighted by atomic mass is 9.90. The molecule has 10 heteroatoms. The first-order valence-corrected chi connectivity index (χ1v) is 12.5. The molecule has 0 saturated heterocycles. The Balaban J connectivity index is 1.26. The summed E-state index contributed by atoms with van der Waals surface area (Å²) in [6.07, 6.45) is 2.53. The maximum absolute atomic E-state index is 13.2. The number of anilines is 1. The van der Waals surface area contributed by atoms with Gasteiger partial charge in [0.25, 0.3) is 5.91 Å². The molecule has 9 nitrogen and oxygen atoms in total. The second-order valence-corrected chi connectivity index (χ2v) is 9.86. The number of aliphatic hydroxyl groups excluding tert-OH is 1. The molecule has 0 spiro atoms. The highest BCUT2D eigenvalue weighted by Gasteiger charge is 2.30. The van der Waals surface area contributed by atoms with E-state index >= 15 is 0 Å². The maximum atomic E-state index is 13.2. The van der Waals surface area contributed by atoms with E-state index in [0.717, 1.165) is 11.1 Å². The van der Waals surface area contributed by atoms with Crippen molar-refractivity contribution >= 4 is 29.4 Å². The highest BCUT2D eigenvalue weighted by atomic mass is 35.5. The number of hydrogen-bond donors (Lipinski definition) is 3. The molecule has 2 aromatic carbocycles. The Hall–Kier alpha value is -3.69. The third-order valence-electron chi connectivity index (χ3n) is 6.76. The first-order valence-electron chi connectivity index (χ1n) is 12.1. The van der Waals surface area contributed by atoms with E-state index in [1.807, 2.05) is 43.3 Å². The molecule has 3 aromatic rings. The van der Waals surface area contributed by atoms with E-state index in [0.29, 0.717) is 52.9 Å². The van der Waals surface area contributed by atoms with Gasteiger partial charge in [0.1, 0.15) is 12.3 Å². The van der Waals surface area contributed by atoms with Crippen molar-refractivity contribution in [2.45, 2.75) is 44.5 Å². The summed E-state index contributed by atoms with van der Waals surface area (Å²) in [7, 11) is 1.60. The third kappa shape index (κ3) is 5.38. The van der Waals surface area contributed by atoms with Gasteiger partial charge in [-0.1, -0.05) is 35.9 Å². The molecule has 1 atom stereocenters. The van der Waals surface area contributed by atoms with Crippen LogP contribution in [0.2, 0.25) is 5.02 Å². The minimum Gasteiger partial charge on any atom is -0.497 e. The molecule has 1 aromatic heterocycles. The SMILES string of the molecule is COc1cccc(C(C)NC(=O)CN2Cc3ccc(-c4nc(NC5CC(O)C5)ncc4Cl)cc3C2=O)c1. The van der Waals surface area contributed by atoms with Gasteiger partial charge >= 0.3 is 0 Å². The number of nitrogens with zero attached hydrogens (tertiary/aromatic N) is 3. The number of aromatic nitrogens is 2. The van der Waals surface area contributed by atoms with Gasteiger partial charge < -0.3 is 25.4 Å². The number of amides is 2. The van der Waals surface area contributed by atoms with E-state index in [1.54, 1.807) is 13.2 Å². The summed E-state index contributed by atoms with van der Waals surface area (Å²) in [4.78, 5) is 36.2. The number of fused-ring (bicyclic) bond motifs is 1. The molecule has 2 amide bonds. The molecule has 37 heavy (non-hydrogen) atoms. The summed E-state index contributed by atoms with van der Waals surface area (Å²) in [5.74, 6) is 0.681. The number of hydrogen-bond acceptors (Lipinski definition) is 7. The third-order valence-corrected chi connectivity index (χ3v) is 7.04. The lowest BCUT2D eigenvalue weighted by molar-refractivity contribution is -0.122. The van der Waals surface area contributed by atoms with E-state index in [-0.39, 0.29) is 36.5 Å². The molecular weight excluding hydrogens is 494 g/mol. The topological polar surface area (TPSA) is 117 Å². The van der Waals surface area contributed by atoms with Crippen LogP contribution in [-0.4, -0.2) is 57.6 Å². The molecule has 3 N–H and O–H groups in total. The van der Waals surface area contributed by atoms with Gasteiger partial charge in [-0.25, -0.2) is 9.97 Å². The zero-order valence-electron chi connectivity index (χ0n) is 20.6. The Morgan fingerprint density at radius 1 is 1.27 bits per heavy atom. The molecule has 0 bridgehead atoms. The lowest BCUT2D eigenvalue weighted by Crippen LogP contribution is -2.39. The normalized spacial score (nSPS) is 19.1. The van der Waals surface area contributed by atoms with E-state index in [9.17, 15) is 14.7 Å². The summed E-state index contributed by atoms with van der Waals surface area (Å²) in [5, 5.41) is 16.0. The van der Waals surface area contributed by atoms with Crippen LogP contribution in [0.15, 0.2) is 48.7 Å². The molecule has 2 aliphatic rings. The Labute approximate surface area is 219 Å². The van der Waals surface area contributed by atoms with E-state index in [4.69, 9.17) is 16.3 Å². The first kappa shape index (κ1) is 25.0. The van der Waals surface area contributed by atoms with Crippen LogP contribution < -0.4 is 15.4 Å². The number of carbonyl (C=O) groups is 2. The van der Waals surface area contributed by atoms with Crippen molar-refractivity contribution in [2.24, 2.45) is 0 Å². The molecule has 192 valence electrons. The number of aliphatic hydroxyl groups is 1. The fourth-order valence-corrected chi connectivity index (χ4v) is 4.82. The van der Waals surface area contributed by atoms with Crippen LogP contribution in [0.3, 0.4) is 0 Å². The van der Waals surface area contributed by atoms with Gasteiger partial charge in [0.05, 0.1) is 36.2 Å². The number of methoxy groups -OCH3 is 1. The van der Waals surface area contributed by atoms with Gasteiger partial charge in [-0.15, -0.1) is 0 Å². The van der Waals surface area contributed by atoms with Gasteiger partial charge in [0.15, 0.2) is 0 Å². The summed E-state index contributed by atoms with van der Waals surface area (Å²) < 4.78 is 5.26. The molecule has 1 fully saturated rings. The largest absolute Gasteiger partial charge is 0.497 e. The summed E-state index contributed by atoms with van der Waals surface area (Å²) >= 11 is 6.39. The van der Waals surface area contributed by atoms with Gasteiger partial charge in [-0.05, 0) is 49.1 Å². The van der Waals surface area contributed by atoms with Crippen LogP contribution in [-0.2, 0) is 11.3 Å². The zero-order chi connectivity index (χ0) is 26.1. The van der Waals surface area contributed by atoms with Crippen LogP contribution in [0, 0.1) is 0 Å². The van der Waals surface area contributed by atoms with Crippen molar-refractivity contribution in [2.75, 3.05) is 19.0 Å². The number of nitrogens with one attached hydrogen (secondary N) is 2. The highest BCUT2D eigenvalue weighted by molar-refractivity contribution is 6.33. The number of ether oxygens (including phenoxy) is 1. The highest BCUT2D eigenvalue weighted by Crippen LogP contribution is 2.32. The molecule has 1 aliphatic heterocycles. The minimum atomic E-state index is -0.290. The minimum absolute atomic E-state index is 0.0489. The average Bonchev–Trinajstić information content (AvgIpc) is 3.18. The van der Waals surface area contributed by atoms with Crippen LogP contribution in [0.5, 0.6) is 5.75 Å². The van der Waals surface area contributed by atoms with Crippen molar-refractivity contribution in [3.63, 3.8) is 0 Å². The predicted octanol–water partition coefficient (Wildman–Crippen LogP) is 3.57. The molecule has 0 radical (unpaired) electrons. The van der Waals surface area contributed by atoms with Gasteiger partial charge in [-0.2, -0.15) is 0 Å². The molecule has 1 aliphatic carbocycles. The van der Waals surface area contributed by atoms with Crippen molar-refractivity contribution in [1.29, 1.82) is 0 Å². The fourth-order valence-electron chi connectivity index (χ4n) is 4.62. The van der Waals surface area contributed by atoms with E-state index in [1.165, 1.54) is 11.1 Å². The summed E-state index contributed by atoms with van der Waals surface area (Å²) in [6.45, 7) is 2.19. The number of carbonyl (C=O) groups excluding carboxylic acids is 2. The Kier molecular flexibility index (Phi) is 6.99.